The molecule has 0 radical (unpaired) electrons. The molecule has 0 spiro atoms. The molecule has 0 aromatic carbocycles. The van der Waals surface area contributed by atoms with Crippen molar-refractivity contribution in [2.45, 2.75) is 84.0 Å². The van der Waals surface area contributed by atoms with Crippen molar-refractivity contribution in [2.75, 3.05) is 5.32 Å². The van der Waals surface area contributed by atoms with E-state index in [4.69, 9.17) is 0 Å². The molecule has 0 aliphatic heterocycles. The fourth-order valence-electron chi connectivity index (χ4n) is 2.42. The van der Waals surface area contributed by atoms with E-state index >= 15 is 0 Å². The highest BCUT2D eigenvalue weighted by Gasteiger charge is 2.03. The van der Waals surface area contributed by atoms with Crippen molar-refractivity contribution in [3.05, 3.63) is 11.6 Å². The molecular weight excluding hydrogens is 280 g/mol. The van der Waals surface area contributed by atoms with E-state index in [1.54, 1.807) is 6.20 Å². The average molecular weight is 311 g/mol. The second-order valence-corrected chi connectivity index (χ2v) is 6.57. The van der Waals surface area contributed by atoms with Gasteiger partial charge in [-0.05, 0) is 6.42 Å². The number of anilines is 1. The third-order valence-corrected chi connectivity index (χ3v) is 4.37. The maximum Gasteiger partial charge on any atom is 0.226 e. The van der Waals surface area contributed by atoms with Crippen LogP contribution in [0.3, 0.4) is 0 Å². The minimum absolute atomic E-state index is 0.0980. The summed E-state index contributed by atoms with van der Waals surface area (Å²) in [7, 11) is 0. The van der Waals surface area contributed by atoms with E-state index in [2.05, 4.69) is 17.2 Å². The second kappa shape index (κ2) is 12.8. The van der Waals surface area contributed by atoms with Gasteiger partial charge in [-0.3, -0.25) is 4.79 Å². The Hall–Kier alpha value is -0.900. The molecule has 0 bridgehead atoms. The van der Waals surface area contributed by atoms with Gasteiger partial charge in [0.05, 0.1) is 0 Å². The van der Waals surface area contributed by atoms with E-state index in [1.807, 2.05) is 5.38 Å². The zero-order chi connectivity index (χ0) is 15.2. The van der Waals surface area contributed by atoms with Crippen molar-refractivity contribution in [3.8, 4) is 0 Å². The van der Waals surface area contributed by atoms with Crippen molar-refractivity contribution in [1.29, 1.82) is 0 Å². The van der Waals surface area contributed by atoms with Gasteiger partial charge in [0.25, 0.3) is 0 Å². The topological polar surface area (TPSA) is 42.0 Å². The number of amides is 1. The molecule has 1 rings (SSSR count). The van der Waals surface area contributed by atoms with Crippen LogP contribution in [0.25, 0.3) is 0 Å². The number of nitrogens with zero attached hydrogens (tertiary/aromatic N) is 1. The number of carbonyl (C=O) groups excluding carboxylic acids is 1. The highest BCUT2D eigenvalue weighted by molar-refractivity contribution is 7.13. The molecule has 1 amide bonds. The normalized spacial score (nSPS) is 10.7. The van der Waals surface area contributed by atoms with E-state index in [9.17, 15) is 4.79 Å². The Morgan fingerprint density at radius 2 is 1.57 bits per heavy atom. The molecule has 0 saturated heterocycles. The van der Waals surface area contributed by atoms with E-state index in [1.165, 1.54) is 75.5 Å². The third-order valence-electron chi connectivity index (χ3n) is 3.69. The number of hydrogen-bond donors (Lipinski definition) is 1. The average Bonchev–Trinajstić information content (AvgIpc) is 2.97. The standard InChI is InChI=1S/C17H30N2OS/c1-2-3-4-5-6-7-8-9-10-11-12-13-16(20)19-17-18-14-15-21-17/h14-15H,2-13H2,1H3,(H,18,19,20). The maximum absolute atomic E-state index is 11.6. The molecule has 0 aliphatic carbocycles. The summed E-state index contributed by atoms with van der Waals surface area (Å²) in [6.45, 7) is 2.26. The zero-order valence-electron chi connectivity index (χ0n) is 13.4. The summed E-state index contributed by atoms with van der Waals surface area (Å²) in [5, 5.41) is 5.41. The fourth-order valence-corrected chi connectivity index (χ4v) is 2.96. The molecule has 3 nitrogen and oxygen atoms in total. The molecule has 1 N–H and O–H groups in total. The lowest BCUT2D eigenvalue weighted by Gasteiger charge is -2.03. The van der Waals surface area contributed by atoms with Crippen LogP contribution in [0.5, 0.6) is 0 Å². The van der Waals surface area contributed by atoms with Gasteiger partial charge in [-0.2, -0.15) is 0 Å². The van der Waals surface area contributed by atoms with Crippen molar-refractivity contribution >= 4 is 22.4 Å². The molecule has 0 unspecified atom stereocenters. The summed E-state index contributed by atoms with van der Waals surface area (Å²) in [6, 6.07) is 0. The van der Waals surface area contributed by atoms with Gasteiger partial charge in [0.15, 0.2) is 5.13 Å². The lowest BCUT2D eigenvalue weighted by molar-refractivity contribution is -0.116. The smallest absolute Gasteiger partial charge is 0.226 e. The van der Waals surface area contributed by atoms with Gasteiger partial charge >= 0.3 is 0 Å². The summed E-state index contributed by atoms with van der Waals surface area (Å²) >= 11 is 1.47. The van der Waals surface area contributed by atoms with Crippen LogP contribution in [-0.4, -0.2) is 10.9 Å². The molecule has 21 heavy (non-hydrogen) atoms. The number of nitrogens with one attached hydrogen (secondary N) is 1. The molecule has 1 aromatic heterocycles. The molecule has 0 aliphatic rings. The van der Waals surface area contributed by atoms with Gasteiger partial charge in [0.1, 0.15) is 0 Å². The van der Waals surface area contributed by atoms with E-state index in [0.29, 0.717) is 11.6 Å². The number of thiazole rings is 1. The Morgan fingerprint density at radius 1 is 1.00 bits per heavy atom. The van der Waals surface area contributed by atoms with Crippen LogP contribution in [0.4, 0.5) is 5.13 Å². The Kier molecular flexibility index (Phi) is 11.1. The van der Waals surface area contributed by atoms with Crippen molar-refractivity contribution in [2.24, 2.45) is 0 Å². The van der Waals surface area contributed by atoms with Gasteiger partial charge in [-0.15, -0.1) is 11.3 Å². The first-order chi connectivity index (χ1) is 10.3. The van der Waals surface area contributed by atoms with Crippen LogP contribution in [-0.2, 0) is 4.79 Å². The highest BCUT2D eigenvalue weighted by Crippen LogP contribution is 2.13. The summed E-state index contributed by atoms with van der Waals surface area (Å²) < 4.78 is 0. The molecule has 120 valence electrons. The van der Waals surface area contributed by atoms with E-state index in [-0.39, 0.29) is 5.91 Å². The predicted molar refractivity (Wildman–Crippen MR) is 91.8 cm³/mol. The van der Waals surface area contributed by atoms with E-state index < -0.39 is 0 Å². The van der Waals surface area contributed by atoms with Crippen molar-refractivity contribution in [1.82, 2.24) is 4.98 Å². The Bertz CT molecular complexity index is 352. The maximum atomic E-state index is 11.6. The zero-order valence-corrected chi connectivity index (χ0v) is 14.2. The second-order valence-electron chi connectivity index (χ2n) is 5.67. The first-order valence-corrected chi connectivity index (χ1v) is 9.40. The number of hydrogen-bond acceptors (Lipinski definition) is 3. The summed E-state index contributed by atoms with van der Waals surface area (Å²) in [6.07, 6.45) is 16.8. The monoisotopic (exact) mass is 310 g/mol. The minimum atomic E-state index is 0.0980. The van der Waals surface area contributed by atoms with E-state index in [0.717, 1.165) is 6.42 Å². The molecule has 1 aromatic rings. The quantitative estimate of drug-likeness (QED) is 0.469. The predicted octanol–water partition coefficient (Wildman–Crippen LogP) is 5.78. The van der Waals surface area contributed by atoms with Crippen LogP contribution in [0.2, 0.25) is 0 Å². The van der Waals surface area contributed by atoms with Gasteiger partial charge in [0.2, 0.25) is 5.91 Å². The SMILES string of the molecule is CCCCCCCCCCCCCC(=O)Nc1nccs1. The fraction of sp³-hybridized carbons (Fsp3) is 0.765. The molecule has 0 atom stereocenters. The molecule has 0 saturated carbocycles. The molecule has 0 fully saturated rings. The Labute approximate surface area is 133 Å². The van der Waals surface area contributed by atoms with Gasteiger partial charge in [-0.25, -0.2) is 4.98 Å². The molecule has 4 heteroatoms. The van der Waals surface area contributed by atoms with Gasteiger partial charge in [-0.1, -0.05) is 71.1 Å². The first-order valence-electron chi connectivity index (χ1n) is 8.52. The lowest BCUT2D eigenvalue weighted by Crippen LogP contribution is -2.10. The number of rotatable bonds is 13. The summed E-state index contributed by atoms with van der Waals surface area (Å²) in [5.74, 6) is 0.0980. The first kappa shape index (κ1) is 18.1. The van der Waals surface area contributed by atoms with Gasteiger partial charge < -0.3 is 5.32 Å². The third kappa shape index (κ3) is 10.5. The number of unbranched alkanes of at least 4 members (excludes halogenated alkanes) is 10. The summed E-state index contributed by atoms with van der Waals surface area (Å²) in [4.78, 5) is 15.7. The highest BCUT2D eigenvalue weighted by atomic mass is 32.1. The largest absolute Gasteiger partial charge is 0.302 e. The van der Waals surface area contributed by atoms with Crippen LogP contribution in [0.1, 0.15) is 84.0 Å². The van der Waals surface area contributed by atoms with Crippen LogP contribution in [0.15, 0.2) is 11.6 Å². The molecular formula is C17H30N2OS. The Morgan fingerprint density at radius 3 is 2.10 bits per heavy atom. The molecule has 1 heterocycles. The van der Waals surface area contributed by atoms with Crippen LogP contribution < -0.4 is 5.32 Å². The van der Waals surface area contributed by atoms with Crippen molar-refractivity contribution < 1.29 is 4.79 Å². The summed E-state index contributed by atoms with van der Waals surface area (Å²) in [5.41, 5.74) is 0. The van der Waals surface area contributed by atoms with Crippen LogP contribution >= 0.6 is 11.3 Å². The Balaban J connectivity index is 1.81. The minimum Gasteiger partial charge on any atom is -0.302 e. The number of aromatic nitrogens is 1. The van der Waals surface area contributed by atoms with Gasteiger partial charge in [0, 0.05) is 18.0 Å². The lowest BCUT2D eigenvalue weighted by atomic mass is 10.1. The van der Waals surface area contributed by atoms with Crippen molar-refractivity contribution in [3.63, 3.8) is 0 Å². The van der Waals surface area contributed by atoms with Crippen LogP contribution in [0, 0.1) is 0 Å². The number of carbonyl (C=O) groups is 1.